The molecule has 0 aliphatic rings. The summed E-state index contributed by atoms with van der Waals surface area (Å²) in [4.78, 5) is 25.0. The third kappa shape index (κ3) is 4.66. The Morgan fingerprint density at radius 1 is 1.25 bits per heavy atom. The predicted molar refractivity (Wildman–Crippen MR) is 78.7 cm³/mol. The van der Waals surface area contributed by atoms with Crippen molar-refractivity contribution in [2.24, 2.45) is 0 Å². The van der Waals surface area contributed by atoms with Gasteiger partial charge in [0, 0.05) is 19.3 Å². The normalized spacial score (nSPS) is 10.2. The fourth-order valence-electron chi connectivity index (χ4n) is 1.79. The van der Waals surface area contributed by atoms with Crippen LogP contribution in [0, 0.1) is 13.8 Å². The molecule has 0 radical (unpaired) electrons. The predicted octanol–water partition coefficient (Wildman–Crippen LogP) is 1.74. The lowest BCUT2D eigenvalue weighted by Gasteiger charge is -2.18. The number of nitrogens with one attached hydrogen (secondary N) is 1. The summed E-state index contributed by atoms with van der Waals surface area (Å²) in [5.74, 6) is -0.418. The van der Waals surface area contributed by atoms with Gasteiger partial charge in [-0.05, 0) is 31.9 Å². The first kappa shape index (κ1) is 16.2. The average molecular weight is 278 g/mol. The zero-order chi connectivity index (χ0) is 15.1. The molecular weight excluding hydrogens is 256 g/mol. The van der Waals surface area contributed by atoms with E-state index in [0.717, 1.165) is 16.8 Å². The quantitative estimate of drug-likeness (QED) is 0.862. The number of carbonyl (C=O) groups excluding carboxylic acids is 2. The number of benzene rings is 1. The average Bonchev–Trinajstić information content (AvgIpc) is 2.40. The van der Waals surface area contributed by atoms with Gasteiger partial charge in [0.05, 0.1) is 6.54 Å². The molecule has 0 atom stereocenters. The van der Waals surface area contributed by atoms with Gasteiger partial charge >= 0.3 is 0 Å². The van der Waals surface area contributed by atoms with Gasteiger partial charge in [-0.2, -0.15) is 0 Å². The Kier molecular flexibility index (Phi) is 6.18. The first-order valence-corrected chi connectivity index (χ1v) is 6.63. The molecule has 0 aromatic heterocycles. The van der Waals surface area contributed by atoms with Gasteiger partial charge < -0.3 is 15.0 Å². The summed E-state index contributed by atoms with van der Waals surface area (Å²) in [7, 11) is 1.59. The molecule has 0 bridgehead atoms. The first-order valence-electron chi connectivity index (χ1n) is 6.63. The zero-order valence-electron chi connectivity index (χ0n) is 12.5. The summed E-state index contributed by atoms with van der Waals surface area (Å²) in [5.41, 5.74) is 2.81. The highest BCUT2D eigenvalue weighted by Gasteiger charge is 2.14. The van der Waals surface area contributed by atoms with E-state index >= 15 is 0 Å². The Morgan fingerprint density at radius 2 is 1.85 bits per heavy atom. The molecule has 5 heteroatoms. The molecule has 5 nitrogen and oxygen atoms in total. The van der Waals surface area contributed by atoms with Crippen molar-refractivity contribution < 1.29 is 14.3 Å². The molecule has 0 heterocycles. The Balaban J connectivity index is 2.57. The Morgan fingerprint density at radius 3 is 2.40 bits per heavy atom. The molecule has 0 fully saturated rings. The first-order chi connectivity index (χ1) is 9.45. The molecule has 0 aliphatic heterocycles. The molecule has 20 heavy (non-hydrogen) atoms. The van der Waals surface area contributed by atoms with Crippen molar-refractivity contribution in [1.29, 1.82) is 0 Å². The highest BCUT2D eigenvalue weighted by molar-refractivity contribution is 5.95. The number of anilines is 1. The molecule has 1 rings (SSSR count). The van der Waals surface area contributed by atoms with Crippen LogP contribution in [0.15, 0.2) is 18.2 Å². The monoisotopic (exact) mass is 278 g/mol. The molecule has 0 saturated heterocycles. The maximum Gasteiger partial charge on any atom is 0.248 e. The van der Waals surface area contributed by atoms with Crippen molar-refractivity contribution >= 4 is 17.5 Å². The summed E-state index contributed by atoms with van der Waals surface area (Å²) in [5, 5.41) is 2.85. The van der Waals surface area contributed by atoms with Crippen LogP contribution in [0.3, 0.4) is 0 Å². The van der Waals surface area contributed by atoms with Gasteiger partial charge in [0.25, 0.3) is 0 Å². The van der Waals surface area contributed by atoms with Gasteiger partial charge in [-0.3, -0.25) is 9.59 Å². The highest BCUT2D eigenvalue weighted by Crippen LogP contribution is 2.19. The molecule has 1 aromatic rings. The van der Waals surface area contributed by atoms with Crippen molar-refractivity contribution in [2.75, 3.05) is 32.1 Å². The minimum absolute atomic E-state index is 0.00364. The molecule has 0 aliphatic carbocycles. The van der Waals surface area contributed by atoms with Gasteiger partial charge in [0.1, 0.15) is 6.61 Å². The second kappa shape index (κ2) is 7.65. The van der Waals surface area contributed by atoms with E-state index in [1.807, 2.05) is 39.0 Å². The number of ether oxygens (including phenoxy) is 1. The SMILES string of the molecule is CCOCC(=O)N(C)CC(=O)Nc1c(C)cccc1C. The van der Waals surface area contributed by atoms with Crippen LogP contribution in [0.25, 0.3) is 0 Å². The summed E-state index contributed by atoms with van der Waals surface area (Å²) in [6.07, 6.45) is 0. The maximum atomic E-state index is 12.0. The van der Waals surface area contributed by atoms with Crippen molar-refractivity contribution in [3.8, 4) is 0 Å². The van der Waals surface area contributed by atoms with Gasteiger partial charge in [-0.1, -0.05) is 18.2 Å². The molecule has 110 valence electrons. The van der Waals surface area contributed by atoms with E-state index in [2.05, 4.69) is 5.32 Å². The van der Waals surface area contributed by atoms with Crippen LogP contribution >= 0.6 is 0 Å². The Hall–Kier alpha value is -1.88. The van der Waals surface area contributed by atoms with Crippen LogP contribution < -0.4 is 5.32 Å². The number of hydrogen-bond donors (Lipinski definition) is 1. The van der Waals surface area contributed by atoms with E-state index in [1.165, 1.54) is 4.90 Å². The van der Waals surface area contributed by atoms with Crippen molar-refractivity contribution in [2.45, 2.75) is 20.8 Å². The molecule has 0 spiro atoms. The molecule has 0 unspecified atom stereocenters. The third-order valence-corrected chi connectivity index (χ3v) is 2.98. The minimum atomic E-state index is -0.213. The summed E-state index contributed by atoms with van der Waals surface area (Å²) >= 11 is 0. The summed E-state index contributed by atoms with van der Waals surface area (Å²) in [6, 6.07) is 5.82. The lowest BCUT2D eigenvalue weighted by molar-refractivity contribution is -0.137. The van der Waals surface area contributed by atoms with Crippen LogP contribution in [0.2, 0.25) is 0 Å². The number of nitrogens with zero attached hydrogens (tertiary/aromatic N) is 1. The van der Waals surface area contributed by atoms with Gasteiger partial charge in [0.15, 0.2) is 0 Å². The van der Waals surface area contributed by atoms with Gasteiger partial charge in [-0.25, -0.2) is 0 Å². The van der Waals surface area contributed by atoms with Crippen molar-refractivity contribution in [3.05, 3.63) is 29.3 Å². The lowest BCUT2D eigenvalue weighted by atomic mass is 10.1. The summed E-state index contributed by atoms with van der Waals surface area (Å²) in [6.45, 7) is 6.19. The van der Waals surface area contributed by atoms with E-state index in [9.17, 15) is 9.59 Å². The van der Waals surface area contributed by atoms with Crippen molar-refractivity contribution in [3.63, 3.8) is 0 Å². The van der Waals surface area contributed by atoms with E-state index in [0.29, 0.717) is 6.61 Å². The maximum absolute atomic E-state index is 12.0. The fraction of sp³-hybridized carbons (Fsp3) is 0.467. The van der Waals surface area contributed by atoms with Gasteiger partial charge in [-0.15, -0.1) is 0 Å². The van der Waals surface area contributed by atoms with Gasteiger partial charge in [0.2, 0.25) is 11.8 Å². The van der Waals surface area contributed by atoms with E-state index in [4.69, 9.17) is 4.74 Å². The number of carbonyl (C=O) groups is 2. The third-order valence-electron chi connectivity index (χ3n) is 2.98. The fourth-order valence-corrected chi connectivity index (χ4v) is 1.79. The van der Waals surface area contributed by atoms with Crippen LogP contribution in [0.1, 0.15) is 18.1 Å². The molecule has 1 aromatic carbocycles. The molecule has 0 saturated carbocycles. The molecular formula is C15H22N2O3. The topological polar surface area (TPSA) is 58.6 Å². The number of hydrogen-bond acceptors (Lipinski definition) is 3. The highest BCUT2D eigenvalue weighted by atomic mass is 16.5. The Labute approximate surface area is 119 Å². The Bertz CT molecular complexity index is 466. The zero-order valence-corrected chi connectivity index (χ0v) is 12.5. The molecule has 2 amide bonds. The minimum Gasteiger partial charge on any atom is -0.372 e. The van der Waals surface area contributed by atoms with Crippen LogP contribution in [0.4, 0.5) is 5.69 Å². The second-order valence-electron chi connectivity index (χ2n) is 4.70. The standard InChI is InChI=1S/C15H22N2O3/c1-5-20-10-14(19)17(4)9-13(18)16-15-11(2)7-6-8-12(15)3/h6-8H,5,9-10H2,1-4H3,(H,16,18). The summed E-state index contributed by atoms with van der Waals surface area (Å²) < 4.78 is 5.03. The smallest absolute Gasteiger partial charge is 0.248 e. The van der Waals surface area contributed by atoms with E-state index in [-0.39, 0.29) is 25.0 Å². The number of likely N-dealkylation sites (N-methyl/N-ethyl adjacent to an activating group) is 1. The van der Waals surface area contributed by atoms with Crippen LogP contribution in [-0.2, 0) is 14.3 Å². The number of aryl methyl sites for hydroxylation is 2. The van der Waals surface area contributed by atoms with Crippen molar-refractivity contribution in [1.82, 2.24) is 4.90 Å². The lowest BCUT2D eigenvalue weighted by Crippen LogP contribution is -2.37. The van der Waals surface area contributed by atoms with E-state index < -0.39 is 0 Å². The number of para-hydroxylation sites is 1. The second-order valence-corrected chi connectivity index (χ2v) is 4.70. The van der Waals surface area contributed by atoms with E-state index in [1.54, 1.807) is 7.05 Å². The van der Waals surface area contributed by atoms with Crippen LogP contribution in [-0.4, -0.2) is 43.5 Å². The molecule has 1 N–H and O–H groups in total. The van der Waals surface area contributed by atoms with Crippen LogP contribution in [0.5, 0.6) is 0 Å². The number of rotatable bonds is 6. The number of amides is 2. The largest absolute Gasteiger partial charge is 0.372 e.